The van der Waals surface area contributed by atoms with Crippen LogP contribution < -0.4 is 4.74 Å². The molecule has 1 aliphatic heterocycles. The van der Waals surface area contributed by atoms with Crippen LogP contribution in [0.5, 0.6) is 5.88 Å². The van der Waals surface area contributed by atoms with Gasteiger partial charge in [0.05, 0.1) is 10.6 Å². The molecule has 12 heteroatoms. The number of carbonyl (C=O) groups excluding carboxylic acids is 3. The summed E-state index contributed by atoms with van der Waals surface area (Å²) in [4.78, 5) is 40.6. The monoisotopic (exact) mass is 570 g/mol. The number of benzene rings is 1. The number of halogens is 1. The molecule has 4 atom stereocenters. The molecular formula is C27H23ClN2O8S. The van der Waals surface area contributed by atoms with Gasteiger partial charge in [-0.05, 0) is 35.2 Å². The number of nitrogens with zero attached hydrogens (tertiary/aromatic N) is 2. The average molecular weight is 571 g/mol. The van der Waals surface area contributed by atoms with E-state index < -0.39 is 42.5 Å². The summed E-state index contributed by atoms with van der Waals surface area (Å²) < 4.78 is 27.9. The molecule has 3 heterocycles. The molecule has 39 heavy (non-hydrogen) atoms. The zero-order valence-electron chi connectivity index (χ0n) is 21.1. The van der Waals surface area contributed by atoms with Gasteiger partial charge in [-0.15, -0.1) is 11.3 Å². The number of esters is 3. The van der Waals surface area contributed by atoms with Gasteiger partial charge >= 0.3 is 17.9 Å². The van der Waals surface area contributed by atoms with E-state index in [1.807, 2.05) is 17.5 Å². The first-order chi connectivity index (χ1) is 18.7. The van der Waals surface area contributed by atoms with Crippen LogP contribution in [0, 0.1) is 11.3 Å². The largest absolute Gasteiger partial charge is 0.463 e. The van der Waals surface area contributed by atoms with E-state index >= 15 is 0 Å². The molecule has 2 aromatic heterocycles. The smallest absolute Gasteiger partial charge is 0.303 e. The van der Waals surface area contributed by atoms with Gasteiger partial charge in [0.15, 0.2) is 6.10 Å². The summed E-state index contributed by atoms with van der Waals surface area (Å²) in [6.45, 7) is 3.27. The van der Waals surface area contributed by atoms with Gasteiger partial charge < -0.3 is 23.7 Å². The van der Waals surface area contributed by atoms with E-state index in [4.69, 9.17) is 35.3 Å². The summed E-state index contributed by atoms with van der Waals surface area (Å²) in [6, 6.07) is 14.6. The van der Waals surface area contributed by atoms with E-state index in [-0.39, 0.29) is 18.1 Å². The number of thiophene rings is 1. The minimum Gasteiger partial charge on any atom is -0.463 e. The summed E-state index contributed by atoms with van der Waals surface area (Å²) in [5.41, 5.74) is 1.84. The van der Waals surface area contributed by atoms with E-state index in [0.717, 1.165) is 4.88 Å². The predicted molar refractivity (Wildman–Crippen MR) is 140 cm³/mol. The van der Waals surface area contributed by atoms with Gasteiger partial charge in [0.2, 0.25) is 18.3 Å². The topological polar surface area (TPSA) is 134 Å². The Kier molecular flexibility index (Phi) is 8.81. The highest BCUT2D eigenvalue weighted by Crippen LogP contribution is 2.37. The van der Waals surface area contributed by atoms with Crippen molar-refractivity contribution in [2.45, 2.75) is 45.4 Å². The van der Waals surface area contributed by atoms with Crippen LogP contribution in [-0.2, 0) is 33.3 Å². The van der Waals surface area contributed by atoms with Crippen molar-refractivity contribution >= 4 is 40.8 Å². The summed E-state index contributed by atoms with van der Waals surface area (Å²) in [6.07, 6.45) is -4.77. The summed E-state index contributed by atoms with van der Waals surface area (Å²) in [5.74, 6) is -2.04. The lowest BCUT2D eigenvalue weighted by Gasteiger charge is -2.23. The van der Waals surface area contributed by atoms with Crippen LogP contribution in [-0.4, -0.2) is 54.1 Å². The molecule has 0 saturated carbocycles. The van der Waals surface area contributed by atoms with Gasteiger partial charge in [-0.2, -0.15) is 5.26 Å². The van der Waals surface area contributed by atoms with Gasteiger partial charge in [0.1, 0.15) is 24.3 Å². The fourth-order valence-corrected chi connectivity index (χ4v) is 4.82. The molecule has 1 saturated heterocycles. The Morgan fingerprint density at radius 1 is 1.05 bits per heavy atom. The van der Waals surface area contributed by atoms with Crippen molar-refractivity contribution in [3.63, 3.8) is 0 Å². The molecule has 4 rings (SSSR count). The molecule has 202 valence electrons. The lowest BCUT2D eigenvalue weighted by Crippen LogP contribution is -2.42. The minimum absolute atomic E-state index is 0.0924. The van der Waals surface area contributed by atoms with Crippen LogP contribution in [0.3, 0.4) is 0 Å². The third kappa shape index (κ3) is 6.72. The van der Waals surface area contributed by atoms with E-state index in [1.54, 1.807) is 30.3 Å². The van der Waals surface area contributed by atoms with Gasteiger partial charge in [-0.25, -0.2) is 4.98 Å². The fraction of sp³-hybridized carbons (Fsp3) is 0.296. The number of nitriles is 1. The van der Waals surface area contributed by atoms with Crippen LogP contribution in [0.4, 0.5) is 0 Å². The van der Waals surface area contributed by atoms with Gasteiger partial charge in [0, 0.05) is 31.4 Å². The maximum absolute atomic E-state index is 12.0. The molecule has 0 bridgehead atoms. The summed E-state index contributed by atoms with van der Waals surface area (Å²) in [7, 11) is 0. The van der Waals surface area contributed by atoms with Crippen molar-refractivity contribution in [2.75, 3.05) is 6.61 Å². The Labute approximate surface area is 233 Å². The molecule has 1 aromatic carbocycles. The minimum atomic E-state index is -1.35. The van der Waals surface area contributed by atoms with Crippen LogP contribution in [0.1, 0.15) is 26.3 Å². The second kappa shape index (κ2) is 12.3. The molecule has 1 aliphatic rings. The van der Waals surface area contributed by atoms with E-state index in [9.17, 15) is 19.6 Å². The number of ether oxygens (including phenoxy) is 5. The van der Waals surface area contributed by atoms with Crippen molar-refractivity contribution in [2.24, 2.45) is 0 Å². The zero-order valence-corrected chi connectivity index (χ0v) is 22.7. The Morgan fingerprint density at radius 2 is 1.74 bits per heavy atom. The van der Waals surface area contributed by atoms with Crippen LogP contribution in [0.25, 0.3) is 21.7 Å². The first kappa shape index (κ1) is 28.0. The van der Waals surface area contributed by atoms with Crippen LogP contribution in [0.15, 0.2) is 47.8 Å². The number of hydrogen-bond donors (Lipinski definition) is 0. The maximum atomic E-state index is 12.0. The fourth-order valence-electron chi connectivity index (χ4n) is 4.00. The Balaban J connectivity index is 1.79. The number of hydrogen-bond acceptors (Lipinski definition) is 11. The molecule has 0 spiro atoms. The molecule has 1 fully saturated rings. The molecule has 10 nitrogen and oxygen atoms in total. The van der Waals surface area contributed by atoms with Crippen molar-refractivity contribution in [1.29, 1.82) is 5.26 Å². The Bertz CT molecular complexity index is 1400. The maximum Gasteiger partial charge on any atom is 0.303 e. The third-order valence-electron chi connectivity index (χ3n) is 5.58. The number of aromatic nitrogens is 1. The molecule has 0 aliphatic carbocycles. The third-order valence-corrected chi connectivity index (χ3v) is 6.72. The highest BCUT2D eigenvalue weighted by Gasteiger charge is 2.51. The van der Waals surface area contributed by atoms with Gasteiger partial charge in [-0.3, -0.25) is 14.4 Å². The number of carbonyl (C=O) groups is 3. The van der Waals surface area contributed by atoms with Crippen molar-refractivity contribution in [3.8, 4) is 33.6 Å². The highest BCUT2D eigenvalue weighted by atomic mass is 35.5. The summed E-state index contributed by atoms with van der Waals surface area (Å²) >= 11 is 7.51. The Morgan fingerprint density at radius 3 is 2.33 bits per heavy atom. The van der Waals surface area contributed by atoms with E-state index in [1.165, 1.54) is 32.1 Å². The summed E-state index contributed by atoms with van der Waals surface area (Å²) in [5, 5.41) is 12.6. The highest BCUT2D eigenvalue weighted by molar-refractivity contribution is 7.13. The zero-order chi connectivity index (χ0) is 28.1. The normalized spacial score (nSPS) is 20.1. The van der Waals surface area contributed by atoms with Crippen molar-refractivity contribution in [1.82, 2.24) is 4.98 Å². The first-order valence-electron chi connectivity index (χ1n) is 11.7. The molecule has 0 unspecified atom stereocenters. The SMILES string of the molecule is CC(=O)OC[C@H]1O[C@@H](Oc2nc(-c3cccs3)cc(-c3ccc(Cl)cc3)c2C#N)[C@H](OC(C)=O)[C@@H]1OC(C)=O. The predicted octanol–water partition coefficient (Wildman–Crippen LogP) is 4.53. The van der Waals surface area contributed by atoms with Crippen molar-refractivity contribution in [3.05, 3.63) is 58.4 Å². The molecule has 0 radical (unpaired) electrons. The van der Waals surface area contributed by atoms with Gasteiger partial charge in [-0.1, -0.05) is 29.8 Å². The average Bonchev–Trinajstić information content (AvgIpc) is 3.52. The lowest BCUT2D eigenvalue weighted by atomic mass is 10.0. The molecular weight excluding hydrogens is 548 g/mol. The van der Waals surface area contributed by atoms with Gasteiger partial charge in [0.25, 0.3) is 0 Å². The number of pyridine rings is 1. The second-order valence-corrected chi connectivity index (χ2v) is 9.83. The lowest BCUT2D eigenvalue weighted by molar-refractivity contribution is -0.171. The second-order valence-electron chi connectivity index (χ2n) is 8.44. The van der Waals surface area contributed by atoms with Crippen molar-refractivity contribution < 1.29 is 38.1 Å². The van der Waals surface area contributed by atoms with Crippen LogP contribution >= 0.6 is 22.9 Å². The van der Waals surface area contributed by atoms with E-state index in [2.05, 4.69) is 11.1 Å². The number of rotatable bonds is 8. The van der Waals surface area contributed by atoms with Crippen LogP contribution in [0.2, 0.25) is 5.02 Å². The first-order valence-corrected chi connectivity index (χ1v) is 13.0. The standard InChI is InChI=1S/C27H23ClN2O8S/c1-14(31)34-13-22-24(35-15(2)32)25(36-16(3)33)27(37-22)38-26-20(12-29)19(17-6-8-18(28)9-7-17)11-21(30-26)23-5-4-10-39-23/h4-11,22,24-25,27H,13H2,1-3H3/t22-,24-,25-,27+/m1/s1. The van der Waals surface area contributed by atoms with E-state index in [0.29, 0.717) is 21.8 Å². The molecule has 0 N–H and O–H groups in total. The quantitative estimate of drug-likeness (QED) is 0.281. The Hall–Kier alpha value is -3.98. The molecule has 0 amide bonds. The molecule has 3 aromatic rings.